The lowest BCUT2D eigenvalue weighted by atomic mass is 10.1. The predicted molar refractivity (Wildman–Crippen MR) is 111 cm³/mol. The molecule has 1 atom stereocenters. The Balaban J connectivity index is 1.57. The molecule has 1 aliphatic rings. The standard InChI is InChI=1S/C21H28N4O2/c1-26-15-17-7-3-4-8-18(17)24-21(22)23-13-16-11-12-25(14-16)19-9-5-6-10-20(19)27-2/h3-10,16H,11-15H2,1-2H3,(H3,22,23,24). The van der Waals surface area contributed by atoms with E-state index in [2.05, 4.69) is 21.3 Å². The molecule has 144 valence electrons. The first-order chi connectivity index (χ1) is 13.2. The van der Waals surface area contributed by atoms with Gasteiger partial charge in [-0.1, -0.05) is 30.3 Å². The van der Waals surface area contributed by atoms with E-state index < -0.39 is 0 Å². The van der Waals surface area contributed by atoms with Gasteiger partial charge < -0.3 is 25.4 Å². The summed E-state index contributed by atoms with van der Waals surface area (Å²) in [5, 5.41) is 3.19. The van der Waals surface area contributed by atoms with Crippen molar-refractivity contribution in [3.8, 4) is 5.75 Å². The Hall–Kier alpha value is -2.73. The molecular weight excluding hydrogens is 340 g/mol. The quantitative estimate of drug-likeness (QED) is 0.580. The number of nitrogens with one attached hydrogen (secondary N) is 1. The van der Waals surface area contributed by atoms with Gasteiger partial charge in [0.25, 0.3) is 0 Å². The zero-order valence-corrected chi connectivity index (χ0v) is 16.0. The van der Waals surface area contributed by atoms with Crippen LogP contribution in [0.4, 0.5) is 11.4 Å². The summed E-state index contributed by atoms with van der Waals surface area (Å²) in [7, 11) is 3.40. The van der Waals surface area contributed by atoms with Crippen LogP contribution in [0, 0.1) is 5.92 Å². The highest BCUT2D eigenvalue weighted by atomic mass is 16.5. The van der Waals surface area contributed by atoms with E-state index in [9.17, 15) is 0 Å². The van der Waals surface area contributed by atoms with Crippen molar-refractivity contribution < 1.29 is 9.47 Å². The number of anilines is 2. The molecule has 1 aliphatic heterocycles. The number of para-hydroxylation sites is 3. The second-order valence-corrected chi connectivity index (χ2v) is 6.71. The van der Waals surface area contributed by atoms with Crippen molar-refractivity contribution in [3.63, 3.8) is 0 Å². The maximum atomic E-state index is 6.10. The highest BCUT2D eigenvalue weighted by Gasteiger charge is 2.24. The Labute approximate surface area is 161 Å². The summed E-state index contributed by atoms with van der Waals surface area (Å²) in [5.41, 5.74) is 9.24. The van der Waals surface area contributed by atoms with Crippen LogP contribution in [-0.2, 0) is 11.3 Å². The van der Waals surface area contributed by atoms with Crippen LogP contribution in [0.2, 0.25) is 0 Å². The second-order valence-electron chi connectivity index (χ2n) is 6.71. The highest BCUT2D eigenvalue weighted by molar-refractivity contribution is 5.93. The third-order valence-corrected chi connectivity index (χ3v) is 4.81. The van der Waals surface area contributed by atoms with Crippen molar-refractivity contribution in [2.24, 2.45) is 16.6 Å². The van der Waals surface area contributed by atoms with Crippen LogP contribution in [0.3, 0.4) is 0 Å². The summed E-state index contributed by atoms with van der Waals surface area (Å²) < 4.78 is 10.7. The number of rotatable bonds is 7. The Bertz CT molecular complexity index is 778. The Morgan fingerprint density at radius 3 is 2.78 bits per heavy atom. The second kappa shape index (κ2) is 9.28. The molecule has 6 heteroatoms. The zero-order valence-electron chi connectivity index (χ0n) is 16.0. The number of guanidine groups is 1. The summed E-state index contributed by atoms with van der Waals surface area (Å²) in [4.78, 5) is 6.92. The molecule has 1 unspecified atom stereocenters. The van der Waals surface area contributed by atoms with Crippen molar-refractivity contribution in [2.45, 2.75) is 13.0 Å². The van der Waals surface area contributed by atoms with Crippen molar-refractivity contribution in [1.29, 1.82) is 0 Å². The molecule has 2 aromatic rings. The highest BCUT2D eigenvalue weighted by Crippen LogP contribution is 2.32. The minimum Gasteiger partial charge on any atom is -0.495 e. The molecule has 0 bridgehead atoms. The molecule has 0 aromatic heterocycles. The predicted octanol–water partition coefficient (Wildman–Crippen LogP) is 3.09. The van der Waals surface area contributed by atoms with Crippen LogP contribution < -0.4 is 20.7 Å². The van der Waals surface area contributed by atoms with Gasteiger partial charge in [-0.3, -0.25) is 4.99 Å². The normalized spacial score (nSPS) is 17.2. The number of nitrogens with two attached hydrogens (primary N) is 1. The van der Waals surface area contributed by atoms with E-state index in [1.165, 1.54) is 0 Å². The molecule has 0 amide bonds. The number of benzene rings is 2. The number of ether oxygens (including phenoxy) is 2. The van der Waals surface area contributed by atoms with Crippen molar-refractivity contribution in [3.05, 3.63) is 54.1 Å². The zero-order chi connectivity index (χ0) is 19.1. The van der Waals surface area contributed by atoms with E-state index >= 15 is 0 Å². The number of nitrogens with zero attached hydrogens (tertiary/aromatic N) is 2. The maximum absolute atomic E-state index is 6.10. The average molecular weight is 368 g/mol. The molecule has 0 spiro atoms. The van der Waals surface area contributed by atoms with E-state index in [1.54, 1.807) is 14.2 Å². The van der Waals surface area contributed by atoms with Gasteiger partial charge >= 0.3 is 0 Å². The monoisotopic (exact) mass is 368 g/mol. The van der Waals surface area contributed by atoms with E-state index in [-0.39, 0.29) is 0 Å². The molecule has 0 radical (unpaired) electrons. The lowest BCUT2D eigenvalue weighted by Gasteiger charge is -2.21. The van der Waals surface area contributed by atoms with Gasteiger partial charge in [-0.15, -0.1) is 0 Å². The molecule has 0 saturated carbocycles. The fraction of sp³-hybridized carbons (Fsp3) is 0.381. The molecule has 27 heavy (non-hydrogen) atoms. The molecule has 1 heterocycles. The lowest BCUT2D eigenvalue weighted by molar-refractivity contribution is 0.185. The minimum absolute atomic E-state index is 0.439. The average Bonchev–Trinajstić information content (AvgIpc) is 3.17. The largest absolute Gasteiger partial charge is 0.495 e. The third kappa shape index (κ3) is 4.92. The first-order valence-electron chi connectivity index (χ1n) is 9.23. The summed E-state index contributed by atoms with van der Waals surface area (Å²) in [6, 6.07) is 16.1. The molecule has 0 aliphatic carbocycles. The van der Waals surface area contributed by atoms with Crippen molar-refractivity contribution in [2.75, 3.05) is 44.1 Å². The van der Waals surface area contributed by atoms with E-state index in [1.807, 2.05) is 42.5 Å². The summed E-state index contributed by atoms with van der Waals surface area (Å²) in [6.07, 6.45) is 1.09. The molecule has 1 fully saturated rings. The van der Waals surface area contributed by atoms with Gasteiger partial charge in [0.2, 0.25) is 0 Å². The van der Waals surface area contributed by atoms with Gasteiger partial charge in [-0.25, -0.2) is 0 Å². The van der Waals surface area contributed by atoms with Gasteiger partial charge in [-0.2, -0.15) is 0 Å². The van der Waals surface area contributed by atoms with E-state index in [0.29, 0.717) is 25.0 Å². The first kappa shape index (κ1) is 19.0. The Kier molecular flexibility index (Phi) is 6.54. The summed E-state index contributed by atoms with van der Waals surface area (Å²) in [5.74, 6) is 1.83. The Morgan fingerprint density at radius 2 is 1.96 bits per heavy atom. The molecule has 3 N–H and O–H groups in total. The van der Waals surface area contributed by atoms with E-state index in [4.69, 9.17) is 15.2 Å². The van der Waals surface area contributed by atoms with Gasteiger partial charge in [0.1, 0.15) is 5.75 Å². The lowest BCUT2D eigenvalue weighted by Crippen LogP contribution is -2.25. The molecule has 1 saturated heterocycles. The third-order valence-electron chi connectivity index (χ3n) is 4.81. The number of aliphatic imine (C=N–C) groups is 1. The molecular formula is C21H28N4O2. The number of hydrogen-bond acceptors (Lipinski definition) is 4. The van der Waals surface area contributed by atoms with Crippen LogP contribution >= 0.6 is 0 Å². The van der Waals surface area contributed by atoms with Crippen molar-refractivity contribution >= 4 is 17.3 Å². The van der Waals surface area contributed by atoms with Crippen molar-refractivity contribution in [1.82, 2.24) is 0 Å². The first-order valence-corrected chi connectivity index (χ1v) is 9.23. The van der Waals surface area contributed by atoms with Gasteiger partial charge in [0.15, 0.2) is 5.96 Å². The number of methoxy groups -OCH3 is 2. The van der Waals surface area contributed by atoms with Gasteiger partial charge in [0, 0.05) is 38.0 Å². The molecule has 2 aromatic carbocycles. The SMILES string of the molecule is COCc1ccccc1NC(N)=NCC1CCN(c2ccccc2OC)C1. The van der Waals surface area contributed by atoms with Gasteiger partial charge in [0.05, 0.1) is 19.4 Å². The van der Waals surface area contributed by atoms with Crippen LogP contribution in [0.1, 0.15) is 12.0 Å². The fourth-order valence-corrected chi connectivity index (χ4v) is 3.42. The molecule has 6 nitrogen and oxygen atoms in total. The smallest absolute Gasteiger partial charge is 0.193 e. The van der Waals surface area contributed by atoms with Gasteiger partial charge in [-0.05, 0) is 30.5 Å². The number of hydrogen-bond donors (Lipinski definition) is 2. The van der Waals surface area contributed by atoms with Crippen LogP contribution in [0.5, 0.6) is 5.75 Å². The van der Waals surface area contributed by atoms with Crippen LogP contribution in [0.15, 0.2) is 53.5 Å². The summed E-state index contributed by atoms with van der Waals surface area (Å²) >= 11 is 0. The summed E-state index contributed by atoms with van der Waals surface area (Å²) in [6.45, 7) is 3.20. The van der Waals surface area contributed by atoms with Crippen LogP contribution in [-0.4, -0.2) is 39.8 Å². The molecule has 3 rings (SSSR count). The van der Waals surface area contributed by atoms with E-state index in [0.717, 1.165) is 42.2 Å². The maximum Gasteiger partial charge on any atom is 0.193 e. The minimum atomic E-state index is 0.439. The topological polar surface area (TPSA) is 72.1 Å². The van der Waals surface area contributed by atoms with Crippen LogP contribution in [0.25, 0.3) is 0 Å². The fourth-order valence-electron chi connectivity index (χ4n) is 3.42. The Morgan fingerprint density at radius 1 is 1.19 bits per heavy atom.